The number of rotatable bonds is 4. The van der Waals surface area contributed by atoms with Crippen molar-refractivity contribution in [1.29, 1.82) is 0 Å². The standard InChI is InChI=1S/C18H28N2O.2C2HF3O2/c1-15-6-4-5-7-17(15)11-20-13-18(14-20)10-16(12-21-3)8-9-19(18)2;2*3-2(4,5)1(6)7/h4-7,16H,8-14H2,1-3H3;2*(H,6,7). The Balaban J connectivity index is 0.000000362. The molecule has 35 heavy (non-hydrogen) atoms. The largest absolute Gasteiger partial charge is 0.490 e. The van der Waals surface area contributed by atoms with Crippen molar-refractivity contribution in [2.24, 2.45) is 5.92 Å². The number of benzene rings is 1. The Labute approximate surface area is 199 Å². The zero-order chi connectivity index (χ0) is 27.0. The Morgan fingerprint density at radius 1 is 1.06 bits per heavy atom. The van der Waals surface area contributed by atoms with Crippen molar-refractivity contribution < 1.29 is 50.9 Å². The van der Waals surface area contributed by atoms with Crippen LogP contribution in [0.5, 0.6) is 0 Å². The Morgan fingerprint density at radius 3 is 1.97 bits per heavy atom. The maximum Gasteiger partial charge on any atom is 0.490 e. The zero-order valence-corrected chi connectivity index (χ0v) is 19.6. The van der Waals surface area contributed by atoms with E-state index in [2.05, 4.69) is 48.0 Å². The van der Waals surface area contributed by atoms with Gasteiger partial charge in [0.05, 0.1) is 0 Å². The first-order chi connectivity index (χ1) is 16.0. The number of likely N-dealkylation sites (N-methyl/N-ethyl adjacent to an activating group) is 1. The average Bonchev–Trinajstić information content (AvgIpc) is 2.70. The van der Waals surface area contributed by atoms with Crippen LogP contribution in [0, 0.1) is 12.8 Å². The number of likely N-dealkylation sites (tertiary alicyclic amines) is 2. The molecule has 3 rings (SSSR count). The summed E-state index contributed by atoms with van der Waals surface area (Å²) >= 11 is 0. The predicted molar refractivity (Wildman–Crippen MR) is 114 cm³/mol. The van der Waals surface area contributed by atoms with E-state index in [-0.39, 0.29) is 0 Å². The van der Waals surface area contributed by atoms with E-state index < -0.39 is 24.3 Å². The molecule has 0 saturated carbocycles. The van der Waals surface area contributed by atoms with Gasteiger partial charge in [0.15, 0.2) is 0 Å². The second-order valence-corrected chi connectivity index (χ2v) is 8.64. The molecule has 2 fully saturated rings. The third-order valence-electron chi connectivity index (χ3n) is 5.93. The molecule has 0 bridgehead atoms. The first-order valence-electron chi connectivity index (χ1n) is 10.6. The lowest BCUT2D eigenvalue weighted by Crippen LogP contribution is -2.71. The summed E-state index contributed by atoms with van der Waals surface area (Å²) in [6.45, 7) is 7.86. The minimum absolute atomic E-state index is 0.407. The number of carboxylic acids is 2. The minimum atomic E-state index is -5.08. The lowest BCUT2D eigenvalue weighted by Gasteiger charge is -2.59. The number of piperidine rings is 1. The molecule has 1 spiro atoms. The molecule has 1 aromatic rings. The molecule has 13 heteroatoms. The Bertz CT molecular complexity index is 816. The fourth-order valence-electron chi connectivity index (χ4n) is 4.08. The molecule has 200 valence electrons. The number of carboxylic acid groups (broad SMARTS) is 2. The van der Waals surface area contributed by atoms with E-state index >= 15 is 0 Å². The number of halogens is 6. The lowest BCUT2D eigenvalue weighted by atomic mass is 9.75. The second kappa shape index (κ2) is 12.5. The van der Waals surface area contributed by atoms with Crippen molar-refractivity contribution in [2.75, 3.05) is 40.4 Å². The van der Waals surface area contributed by atoms with Crippen molar-refractivity contribution in [3.63, 3.8) is 0 Å². The molecule has 1 unspecified atom stereocenters. The van der Waals surface area contributed by atoms with E-state index in [1.165, 1.54) is 43.6 Å². The third kappa shape index (κ3) is 9.65. The molecular weight excluding hydrogens is 486 g/mol. The van der Waals surface area contributed by atoms with Gasteiger partial charge >= 0.3 is 24.3 Å². The van der Waals surface area contributed by atoms with Gasteiger partial charge in [0.1, 0.15) is 0 Å². The van der Waals surface area contributed by atoms with Crippen LogP contribution in [0.4, 0.5) is 26.3 Å². The first-order valence-corrected chi connectivity index (χ1v) is 10.6. The van der Waals surface area contributed by atoms with Gasteiger partial charge in [-0.25, -0.2) is 9.59 Å². The summed E-state index contributed by atoms with van der Waals surface area (Å²) < 4.78 is 68.9. The zero-order valence-electron chi connectivity index (χ0n) is 19.6. The van der Waals surface area contributed by atoms with Gasteiger partial charge in [-0.05, 0) is 50.4 Å². The van der Waals surface area contributed by atoms with Crippen LogP contribution in [0.1, 0.15) is 24.0 Å². The summed E-state index contributed by atoms with van der Waals surface area (Å²) in [5.74, 6) is -4.77. The van der Waals surface area contributed by atoms with Gasteiger partial charge in [0.2, 0.25) is 0 Å². The van der Waals surface area contributed by atoms with Crippen LogP contribution in [0.3, 0.4) is 0 Å². The summed E-state index contributed by atoms with van der Waals surface area (Å²) in [5, 5.41) is 14.2. The van der Waals surface area contributed by atoms with Gasteiger partial charge in [-0.15, -0.1) is 0 Å². The smallest absolute Gasteiger partial charge is 0.475 e. The number of aryl methyl sites for hydroxylation is 1. The molecule has 2 aliphatic heterocycles. The van der Waals surface area contributed by atoms with Gasteiger partial charge in [-0.1, -0.05) is 24.3 Å². The van der Waals surface area contributed by atoms with Crippen LogP contribution < -0.4 is 0 Å². The summed E-state index contributed by atoms with van der Waals surface area (Å²) in [7, 11) is 4.13. The van der Waals surface area contributed by atoms with Crippen LogP contribution >= 0.6 is 0 Å². The van der Waals surface area contributed by atoms with Gasteiger partial charge < -0.3 is 14.9 Å². The lowest BCUT2D eigenvalue weighted by molar-refractivity contribution is -0.193. The number of carbonyl (C=O) groups is 2. The van der Waals surface area contributed by atoms with Crippen molar-refractivity contribution in [3.05, 3.63) is 35.4 Å². The number of nitrogens with zero attached hydrogens (tertiary/aromatic N) is 2. The maximum absolute atomic E-state index is 10.6. The summed E-state index contributed by atoms with van der Waals surface area (Å²) in [6, 6.07) is 8.75. The topological polar surface area (TPSA) is 90.3 Å². The predicted octanol–water partition coefficient (Wildman–Crippen LogP) is 3.80. The van der Waals surface area contributed by atoms with E-state index in [1.807, 2.05) is 7.11 Å². The molecule has 0 amide bonds. The number of hydrogen-bond donors (Lipinski definition) is 2. The molecule has 1 atom stereocenters. The first kappa shape index (κ1) is 30.7. The van der Waals surface area contributed by atoms with Crippen molar-refractivity contribution in [3.8, 4) is 0 Å². The summed E-state index contributed by atoms with van der Waals surface area (Å²) in [5.41, 5.74) is 3.29. The molecule has 0 radical (unpaired) electrons. The fourth-order valence-corrected chi connectivity index (χ4v) is 4.08. The number of alkyl halides is 6. The highest BCUT2D eigenvalue weighted by molar-refractivity contribution is 5.73. The second-order valence-electron chi connectivity index (χ2n) is 8.64. The number of ether oxygens (including phenoxy) is 1. The third-order valence-corrected chi connectivity index (χ3v) is 5.93. The Morgan fingerprint density at radius 2 is 1.54 bits per heavy atom. The van der Waals surface area contributed by atoms with E-state index in [4.69, 9.17) is 24.5 Å². The monoisotopic (exact) mass is 516 g/mol. The molecule has 7 nitrogen and oxygen atoms in total. The summed E-state index contributed by atoms with van der Waals surface area (Å²) in [4.78, 5) is 23.0. The van der Waals surface area contributed by atoms with Gasteiger partial charge in [-0.2, -0.15) is 26.3 Å². The van der Waals surface area contributed by atoms with E-state index in [0.717, 1.165) is 19.1 Å². The number of aliphatic carboxylic acids is 2. The number of methoxy groups -OCH3 is 1. The van der Waals surface area contributed by atoms with Crippen molar-refractivity contribution in [2.45, 2.75) is 44.2 Å². The SMILES string of the molecule is COCC1CCN(C)C2(C1)CN(Cc1ccccc1C)C2.O=C(O)C(F)(F)F.O=C(O)C(F)(F)F. The average molecular weight is 516 g/mol. The molecule has 2 aliphatic rings. The molecule has 0 aromatic heterocycles. The van der Waals surface area contributed by atoms with Crippen LogP contribution in [0.15, 0.2) is 24.3 Å². The van der Waals surface area contributed by atoms with Crippen molar-refractivity contribution >= 4 is 11.9 Å². The normalized spacial score (nSPS) is 20.1. The van der Waals surface area contributed by atoms with Crippen LogP contribution in [-0.2, 0) is 20.9 Å². The van der Waals surface area contributed by atoms with E-state index in [9.17, 15) is 26.3 Å². The maximum atomic E-state index is 10.6. The Kier molecular flexibility index (Phi) is 11.0. The molecular formula is C22H30F6N2O5. The van der Waals surface area contributed by atoms with E-state index in [1.54, 1.807) is 0 Å². The van der Waals surface area contributed by atoms with Gasteiger partial charge in [0, 0.05) is 38.9 Å². The van der Waals surface area contributed by atoms with Crippen LogP contribution in [0.2, 0.25) is 0 Å². The fraction of sp³-hybridized carbons (Fsp3) is 0.636. The molecule has 2 N–H and O–H groups in total. The van der Waals surface area contributed by atoms with Crippen LogP contribution in [0.25, 0.3) is 0 Å². The molecule has 2 heterocycles. The quantitative estimate of drug-likeness (QED) is 0.589. The molecule has 0 aliphatic carbocycles. The van der Waals surface area contributed by atoms with Gasteiger partial charge in [-0.3, -0.25) is 9.80 Å². The molecule has 1 aromatic carbocycles. The highest BCUT2D eigenvalue weighted by atomic mass is 19.4. The number of hydrogen-bond acceptors (Lipinski definition) is 5. The van der Waals surface area contributed by atoms with Gasteiger partial charge in [0.25, 0.3) is 0 Å². The van der Waals surface area contributed by atoms with Crippen LogP contribution in [-0.4, -0.2) is 90.2 Å². The Hall–Kier alpha value is -2.38. The molecule has 2 saturated heterocycles. The minimum Gasteiger partial charge on any atom is -0.475 e. The van der Waals surface area contributed by atoms with E-state index in [0.29, 0.717) is 5.54 Å². The van der Waals surface area contributed by atoms with Crippen molar-refractivity contribution in [1.82, 2.24) is 9.80 Å². The summed E-state index contributed by atoms with van der Waals surface area (Å²) in [6.07, 6.45) is -7.59. The highest BCUT2D eigenvalue weighted by Gasteiger charge is 2.49. The highest BCUT2D eigenvalue weighted by Crippen LogP contribution is 2.39.